The highest BCUT2D eigenvalue weighted by Gasteiger charge is 2.48. The summed E-state index contributed by atoms with van der Waals surface area (Å²) in [6.07, 6.45) is 0. The molecular weight excluding hydrogens is 717 g/mol. The summed E-state index contributed by atoms with van der Waals surface area (Å²) in [5.74, 6) is 4.06. The molecule has 0 unspecified atom stereocenters. The van der Waals surface area contributed by atoms with Crippen LogP contribution < -0.4 is 51.0 Å². The van der Waals surface area contributed by atoms with Crippen molar-refractivity contribution < 1.29 is 9.47 Å². The number of hydrogen-bond acceptors (Lipinski definition) is 2. The summed E-state index contributed by atoms with van der Waals surface area (Å²) in [6, 6.07) is 61.1. The fraction of sp³-hybridized carbons (Fsp3) is 0.160. The smallest absolute Gasteiger partial charge is 0.183 e. The van der Waals surface area contributed by atoms with Gasteiger partial charge in [0.2, 0.25) is 0 Å². The van der Waals surface area contributed by atoms with Crippen LogP contribution in [-0.2, 0) is 5.41 Å². The van der Waals surface area contributed by atoms with Gasteiger partial charge in [-0.15, -0.1) is 0 Å². The minimum atomic E-state index is -3.02. The summed E-state index contributed by atoms with van der Waals surface area (Å²) in [4.78, 5) is 0. The van der Waals surface area contributed by atoms with Gasteiger partial charge in [-0.3, -0.25) is 0 Å². The van der Waals surface area contributed by atoms with Crippen molar-refractivity contribution >= 4 is 65.7 Å². The highest BCUT2D eigenvalue weighted by Crippen LogP contribution is 2.41. The molecule has 7 aromatic rings. The van der Waals surface area contributed by atoms with E-state index in [0.29, 0.717) is 0 Å². The fourth-order valence-electron chi connectivity index (χ4n) is 9.42. The lowest BCUT2D eigenvalue weighted by molar-refractivity contribution is 0.488. The molecule has 272 valence electrons. The SMILES string of the molecule is CC(C)(C)c1cc([Si](c2ccccc2)(c2ccccc2)c2cccc3c2Oc2ccccc2[Si]3(C)C)ccc1-c1cccc2c1Oc1ccccc1[Si]2(C)C. The minimum absolute atomic E-state index is 0.165. The van der Waals surface area contributed by atoms with E-state index in [9.17, 15) is 0 Å². The average molecular weight is 765 g/mol. The molecule has 0 amide bonds. The second-order valence-electron chi connectivity index (χ2n) is 17.3. The Balaban J connectivity index is 1.35. The minimum Gasteiger partial charge on any atom is -0.458 e. The van der Waals surface area contributed by atoms with Crippen molar-refractivity contribution in [3.8, 4) is 34.1 Å². The Morgan fingerprint density at radius 1 is 0.418 bits per heavy atom. The van der Waals surface area contributed by atoms with Crippen LogP contribution in [0.25, 0.3) is 11.1 Å². The molecule has 55 heavy (non-hydrogen) atoms. The molecular formula is C50H48O2Si3. The highest BCUT2D eigenvalue weighted by atomic mass is 28.3. The predicted molar refractivity (Wildman–Crippen MR) is 241 cm³/mol. The lowest BCUT2D eigenvalue weighted by Crippen LogP contribution is -2.76. The fourth-order valence-corrected chi connectivity index (χ4v) is 20.1. The Labute approximate surface area is 329 Å². The summed E-state index contributed by atoms with van der Waals surface area (Å²) in [5.41, 5.74) is 3.55. The number of para-hydroxylation sites is 4. The van der Waals surface area contributed by atoms with Gasteiger partial charge in [-0.2, -0.15) is 0 Å². The molecule has 0 saturated carbocycles. The quantitative estimate of drug-likeness (QED) is 0.131. The Kier molecular flexibility index (Phi) is 8.35. The normalized spacial score (nSPS) is 15.0. The first-order valence-corrected chi connectivity index (χ1v) is 27.5. The number of rotatable bonds is 5. The van der Waals surface area contributed by atoms with Crippen LogP contribution in [0.3, 0.4) is 0 Å². The third kappa shape index (κ3) is 5.47. The molecule has 0 fully saturated rings. The van der Waals surface area contributed by atoms with Crippen molar-refractivity contribution in [2.24, 2.45) is 0 Å². The van der Waals surface area contributed by atoms with Gasteiger partial charge in [-0.25, -0.2) is 0 Å². The summed E-state index contributed by atoms with van der Waals surface area (Å²) >= 11 is 0. The molecule has 0 aliphatic carbocycles. The van der Waals surface area contributed by atoms with Crippen molar-refractivity contribution in [3.63, 3.8) is 0 Å². The van der Waals surface area contributed by atoms with Gasteiger partial charge in [0, 0.05) is 5.56 Å². The average Bonchev–Trinajstić information content (AvgIpc) is 3.19. The molecule has 0 spiro atoms. The van der Waals surface area contributed by atoms with Gasteiger partial charge in [-0.05, 0) is 70.2 Å². The van der Waals surface area contributed by atoms with Crippen molar-refractivity contribution in [3.05, 3.63) is 169 Å². The third-order valence-corrected chi connectivity index (χ3v) is 24.1. The van der Waals surface area contributed by atoms with E-state index in [-0.39, 0.29) is 5.41 Å². The summed E-state index contributed by atoms with van der Waals surface area (Å²) in [5, 5.41) is 10.8. The lowest BCUT2D eigenvalue weighted by atomic mass is 9.81. The largest absolute Gasteiger partial charge is 0.458 e. The first-order valence-electron chi connectivity index (χ1n) is 19.5. The van der Waals surface area contributed by atoms with Crippen molar-refractivity contribution in [2.75, 3.05) is 0 Å². The van der Waals surface area contributed by atoms with Gasteiger partial charge in [0.15, 0.2) is 8.07 Å². The van der Waals surface area contributed by atoms with Crippen molar-refractivity contribution in [2.45, 2.75) is 52.4 Å². The second-order valence-corrected chi connectivity index (χ2v) is 29.7. The van der Waals surface area contributed by atoms with Gasteiger partial charge in [-0.1, -0.05) is 199 Å². The number of ether oxygens (including phenoxy) is 2. The first kappa shape index (κ1) is 35.5. The number of benzene rings is 7. The van der Waals surface area contributed by atoms with Crippen molar-refractivity contribution in [1.29, 1.82) is 0 Å². The van der Waals surface area contributed by atoms with Crippen LogP contribution >= 0.6 is 0 Å². The monoisotopic (exact) mass is 764 g/mol. The zero-order valence-corrected chi connectivity index (χ0v) is 35.9. The Bertz CT molecular complexity index is 2550. The molecule has 0 aromatic heterocycles. The first-order chi connectivity index (χ1) is 26.4. The van der Waals surface area contributed by atoms with E-state index >= 15 is 0 Å². The highest BCUT2D eigenvalue weighted by molar-refractivity contribution is 7.20. The third-order valence-electron chi connectivity index (χ3n) is 12.3. The van der Waals surface area contributed by atoms with Crippen LogP contribution in [0.1, 0.15) is 26.3 Å². The molecule has 2 heterocycles. The Hall–Kier alpha value is -5.21. The topological polar surface area (TPSA) is 18.5 Å². The van der Waals surface area contributed by atoms with Crippen LogP contribution in [0.2, 0.25) is 26.2 Å². The summed E-state index contributed by atoms with van der Waals surface area (Å²) in [6.45, 7) is 16.9. The lowest BCUT2D eigenvalue weighted by Gasteiger charge is -2.40. The van der Waals surface area contributed by atoms with E-state index in [1.54, 1.807) is 0 Å². The van der Waals surface area contributed by atoms with Gasteiger partial charge in [0.25, 0.3) is 0 Å². The van der Waals surface area contributed by atoms with Crippen LogP contribution in [0, 0.1) is 0 Å². The van der Waals surface area contributed by atoms with Crippen LogP contribution in [0.4, 0.5) is 0 Å². The van der Waals surface area contributed by atoms with Crippen LogP contribution in [0.5, 0.6) is 23.0 Å². The molecule has 2 nitrogen and oxygen atoms in total. The van der Waals surface area contributed by atoms with E-state index in [1.807, 2.05) is 0 Å². The van der Waals surface area contributed by atoms with Gasteiger partial charge in [0.1, 0.15) is 39.1 Å². The maximum atomic E-state index is 7.17. The predicted octanol–water partition coefficient (Wildman–Crippen LogP) is 7.89. The number of fused-ring (bicyclic) bond motifs is 4. The molecule has 5 heteroatoms. The second kappa shape index (κ2) is 12.9. The molecule has 7 aromatic carbocycles. The summed E-state index contributed by atoms with van der Waals surface area (Å²) < 4.78 is 14.1. The van der Waals surface area contributed by atoms with Crippen LogP contribution in [-0.4, -0.2) is 24.2 Å². The molecule has 0 atom stereocenters. The standard InChI is InChI=1S/C50H48O2Si3/c1-50(2,3)40-34-37(32-33-38(40)39-24-18-29-45-48(39)51-41-25-14-16-27-43(41)53(45,4)5)55(35-20-10-8-11-21-35,36-22-12-9-13-23-36)47-31-19-30-46-49(47)52-42-26-15-17-28-44(42)54(46,6)7/h8-34H,1-7H3. The molecule has 0 radical (unpaired) electrons. The Morgan fingerprint density at radius 3 is 1.45 bits per heavy atom. The maximum absolute atomic E-state index is 7.17. The molecule has 9 rings (SSSR count). The van der Waals surface area contributed by atoms with Gasteiger partial charge >= 0.3 is 0 Å². The van der Waals surface area contributed by atoms with Crippen LogP contribution in [0.15, 0.2) is 164 Å². The van der Waals surface area contributed by atoms with E-state index in [4.69, 9.17) is 9.47 Å². The van der Waals surface area contributed by atoms with Gasteiger partial charge < -0.3 is 9.47 Å². The molecule has 2 aliphatic heterocycles. The van der Waals surface area contributed by atoms with E-state index in [0.717, 1.165) is 23.0 Å². The summed E-state index contributed by atoms with van der Waals surface area (Å²) in [7, 11) is -7.14. The van der Waals surface area contributed by atoms with E-state index in [1.165, 1.54) is 58.2 Å². The molecule has 2 aliphatic rings. The van der Waals surface area contributed by atoms with Gasteiger partial charge in [0.05, 0.1) is 0 Å². The molecule has 0 bridgehead atoms. The van der Waals surface area contributed by atoms with Crippen molar-refractivity contribution in [1.82, 2.24) is 0 Å². The molecule has 0 saturated heterocycles. The zero-order chi connectivity index (χ0) is 38.2. The van der Waals surface area contributed by atoms with E-state index in [2.05, 4.69) is 211 Å². The van der Waals surface area contributed by atoms with E-state index < -0.39 is 24.2 Å². The zero-order valence-electron chi connectivity index (χ0n) is 32.9. The maximum Gasteiger partial charge on any atom is 0.183 e. The number of hydrogen-bond donors (Lipinski definition) is 0. The molecule has 0 N–H and O–H groups in total. The Morgan fingerprint density at radius 2 is 0.891 bits per heavy atom.